The summed E-state index contributed by atoms with van der Waals surface area (Å²) >= 11 is 0. The summed E-state index contributed by atoms with van der Waals surface area (Å²) < 4.78 is 10.6. The molecule has 2 N–H and O–H groups in total. The average Bonchev–Trinajstić information content (AvgIpc) is 3.09. The van der Waals surface area contributed by atoms with Gasteiger partial charge >= 0.3 is 0 Å². The molecule has 1 aromatic heterocycles. The summed E-state index contributed by atoms with van der Waals surface area (Å²) in [5.41, 5.74) is 5.36. The van der Waals surface area contributed by atoms with Crippen LogP contribution in [0.5, 0.6) is 0 Å². The Hall–Kier alpha value is -1.33. The summed E-state index contributed by atoms with van der Waals surface area (Å²) in [5.74, 6) is 0.843. The summed E-state index contributed by atoms with van der Waals surface area (Å²) in [4.78, 5) is 14.1. The molecule has 0 aromatic carbocycles. The first-order valence-corrected chi connectivity index (χ1v) is 6.91. The van der Waals surface area contributed by atoms with Gasteiger partial charge in [0.05, 0.1) is 19.4 Å². The number of nitrogens with zero attached hydrogens (tertiary/aromatic N) is 1. The van der Waals surface area contributed by atoms with Gasteiger partial charge in [-0.05, 0) is 25.0 Å². The fraction of sp³-hybridized carbons (Fsp3) is 0.643. The lowest BCUT2D eigenvalue weighted by atomic mass is 10.2. The van der Waals surface area contributed by atoms with Crippen LogP contribution in [0.1, 0.15) is 31.4 Å². The Morgan fingerprint density at radius 3 is 2.89 bits per heavy atom. The Bertz CT molecular complexity index is 372. The van der Waals surface area contributed by atoms with E-state index in [1.54, 1.807) is 6.26 Å². The zero-order valence-electron chi connectivity index (χ0n) is 11.2. The maximum absolute atomic E-state index is 12.2. The SMILES string of the molecule is NCCOCC(=O)N(Cc1ccco1)C1CCCC1. The molecule has 1 aromatic rings. The quantitative estimate of drug-likeness (QED) is 0.760. The molecule has 106 valence electrons. The third-order valence-electron chi connectivity index (χ3n) is 3.48. The van der Waals surface area contributed by atoms with Gasteiger partial charge in [0.15, 0.2) is 0 Å². The number of rotatable bonds is 7. The number of amides is 1. The number of nitrogens with two attached hydrogens (primary N) is 1. The fourth-order valence-corrected chi connectivity index (χ4v) is 2.53. The van der Waals surface area contributed by atoms with Crippen molar-refractivity contribution in [1.82, 2.24) is 4.90 Å². The van der Waals surface area contributed by atoms with Gasteiger partial charge in [-0.1, -0.05) is 12.8 Å². The number of furan rings is 1. The standard InChI is InChI=1S/C14H22N2O3/c15-7-9-18-11-14(17)16(12-4-1-2-5-12)10-13-6-3-8-19-13/h3,6,8,12H,1-2,4-5,7,9-11,15H2. The van der Waals surface area contributed by atoms with Crippen LogP contribution in [0, 0.1) is 0 Å². The van der Waals surface area contributed by atoms with Crippen molar-refractivity contribution in [3.8, 4) is 0 Å². The summed E-state index contributed by atoms with van der Waals surface area (Å²) in [7, 11) is 0. The Balaban J connectivity index is 1.94. The molecule has 1 fully saturated rings. The van der Waals surface area contributed by atoms with Gasteiger partial charge < -0.3 is 19.8 Å². The summed E-state index contributed by atoms with van der Waals surface area (Å²) in [6.45, 7) is 1.50. The van der Waals surface area contributed by atoms with E-state index < -0.39 is 0 Å². The highest BCUT2D eigenvalue weighted by Gasteiger charge is 2.27. The van der Waals surface area contributed by atoms with Crippen molar-refractivity contribution >= 4 is 5.91 Å². The molecule has 5 heteroatoms. The fourth-order valence-electron chi connectivity index (χ4n) is 2.53. The minimum Gasteiger partial charge on any atom is -0.467 e. The maximum Gasteiger partial charge on any atom is 0.249 e. The van der Waals surface area contributed by atoms with Crippen LogP contribution in [0.15, 0.2) is 22.8 Å². The molecule has 19 heavy (non-hydrogen) atoms. The number of carbonyl (C=O) groups excluding carboxylic acids is 1. The monoisotopic (exact) mass is 266 g/mol. The van der Waals surface area contributed by atoms with E-state index in [-0.39, 0.29) is 12.5 Å². The van der Waals surface area contributed by atoms with Crippen molar-refractivity contribution < 1.29 is 13.9 Å². The van der Waals surface area contributed by atoms with Crippen molar-refractivity contribution in [2.75, 3.05) is 19.8 Å². The van der Waals surface area contributed by atoms with E-state index in [9.17, 15) is 4.79 Å². The molecule has 0 saturated heterocycles. The second-order valence-electron chi connectivity index (χ2n) is 4.88. The molecule has 1 saturated carbocycles. The molecule has 1 aliphatic carbocycles. The van der Waals surface area contributed by atoms with Gasteiger partial charge in [-0.25, -0.2) is 0 Å². The summed E-state index contributed by atoms with van der Waals surface area (Å²) in [6.07, 6.45) is 6.16. The van der Waals surface area contributed by atoms with E-state index >= 15 is 0 Å². The minimum absolute atomic E-state index is 0.0248. The van der Waals surface area contributed by atoms with Gasteiger partial charge in [0.1, 0.15) is 12.4 Å². The Labute approximate surface area is 113 Å². The van der Waals surface area contributed by atoms with E-state index in [1.165, 1.54) is 12.8 Å². The van der Waals surface area contributed by atoms with Crippen LogP contribution in [-0.4, -0.2) is 36.6 Å². The molecular formula is C14H22N2O3. The molecule has 1 amide bonds. The normalized spacial score (nSPS) is 15.8. The predicted octanol–water partition coefficient (Wildman–Crippen LogP) is 1.53. The third-order valence-corrected chi connectivity index (χ3v) is 3.48. The molecule has 0 radical (unpaired) electrons. The van der Waals surface area contributed by atoms with Gasteiger partial charge in [-0.2, -0.15) is 0 Å². The van der Waals surface area contributed by atoms with Crippen molar-refractivity contribution in [3.05, 3.63) is 24.2 Å². The number of hydrogen-bond acceptors (Lipinski definition) is 4. The topological polar surface area (TPSA) is 68.7 Å². The van der Waals surface area contributed by atoms with Crippen LogP contribution in [-0.2, 0) is 16.1 Å². The second-order valence-corrected chi connectivity index (χ2v) is 4.88. The van der Waals surface area contributed by atoms with Crippen molar-refractivity contribution in [2.24, 2.45) is 5.73 Å². The van der Waals surface area contributed by atoms with Gasteiger partial charge in [-0.15, -0.1) is 0 Å². The average molecular weight is 266 g/mol. The molecule has 1 heterocycles. The summed E-state index contributed by atoms with van der Waals surface area (Å²) in [5, 5.41) is 0. The molecule has 2 rings (SSSR count). The van der Waals surface area contributed by atoms with E-state index in [1.807, 2.05) is 17.0 Å². The molecule has 1 aliphatic rings. The van der Waals surface area contributed by atoms with Crippen molar-refractivity contribution in [3.63, 3.8) is 0 Å². The smallest absolute Gasteiger partial charge is 0.249 e. The zero-order valence-corrected chi connectivity index (χ0v) is 11.2. The molecule has 0 atom stereocenters. The molecule has 0 aliphatic heterocycles. The van der Waals surface area contributed by atoms with Gasteiger partial charge in [0, 0.05) is 12.6 Å². The lowest BCUT2D eigenvalue weighted by Gasteiger charge is -2.28. The largest absolute Gasteiger partial charge is 0.467 e. The lowest BCUT2D eigenvalue weighted by molar-refractivity contribution is -0.139. The van der Waals surface area contributed by atoms with Gasteiger partial charge in [0.25, 0.3) is 0 Å². The Morgan fingerprint density at radius 2 is 2.26 bits per heavy atom. The van der Waals surface area contributed by atoms with Crippen molar-refractivity contribution in [2.45, 2.75) is 38.3 Å². The van der Waals surface area contributed by atoms with E-state index in [2.05, 4.69) is 0 Å². The van der Waals surface area contributed by atoms with Gasteiger partial charge in [-0.3, -0.25) is 4.79 Å². The Morgan fingerprint density at radius 1 is 1.47 bits per heavy atom. The molecule has 0 spiro atoms. The van der Waals surface area contributed by atoms with Crippen LogP contribution in [0.4, 0.5) is 0 Å². The highest BCUT2D eigenvalue weighted by atomic mass is 16.5. The first-order chi connectivity index (χ1) is 9.31. The molecular weight excluding hydrogens is 244 g/mol. The number of hydrogen-bond donors (Lipinski definition) is 1. The van der Waals surface area contributed by atoms with E-state index in [0.29, 0.717) is 25.7 Å². The Kier molecular flexibility index (Phi) is 5.42. The van der Waals surface area contributed by atoms with Crippen LogP contribution < -0.4 is 5.73 Å². The maximum atomic E-state index is 12.2. The van der Waals surface area contributed by atoms with Crippen LogP contribution >= 0.6 is 0 Å². The molecule has 0 unspecified atom stereocenters. The van der Waals surface area contributed by atoms with E-state index in [0.717, 1.165) is 18.6 Å². The first-order valence-electron chi connectivity index (χ1n) is 6.91. The lowest BCUT2D eigenvalue weighted by Crippen LogP contribution is -2.40. The predicted molar refractivity (Wildman–Crippen MR) is 71.4 cm³/mol. The first kappa shape index (κ1) is 14.1. The molecule has 0 bridgehead atoms. The van der Waals surface area contributed by atoms with Crippen molar-refractivity contribution in [1.29, 1.82) is 0 Å². The minimum atomic E-state index is 0.0248. The third kappa shape index (κ3) is 4.08. The highest BCUT2D eigenvalue weighted by Crippen LogP contribution is 2.25. The number of carbonyl (C=O) groups is 1. The van der Waals surface area contributed by atoms with Crippen LogP contribution in [0.25, 0.3) is 0 Å². The summed E-state index contributed by atoms with van der Waals surface area (Å²) in [6, 6.07) is 4.06. The molecule has 5 nitrogen and oxygen atoms in total. The van der Waals surface area contributed by atoms with Crippen LogP contribution in [0.3, 0.4) is 0 Å². The second kappa shape index (κ2) is 7.31. The zero-order chi connectivity index (χ0) is 13.5. The van der Waals surface area contributed by atoms with Gasteiger partial charge in [0.2, 0.25) is 5.91 Å². The highest BCUT2D eigenvalue weighted by molar-refractivity contribution is 5.77. The van der Waals surface area contributed by atoms with Crippen LogP contribution in [0.2, 0.25) is 0 Å². The van der Waals surface area contributed by atoms with E-state index in [4.69, 9.17) is 14.9 Å². The number of ether oxygens (including phenoxy) is 1.